The smallest absolute Gasteiger partial charge is 0.323 e. The number of urea groups is 1. The molecule has 1 aliphatic rings. The highest BCUT2D eigenvalue weighted by atomic mass is 79.9. The van der Waals surface area contributed by atoms with Crippen molar-refractivity contribution in [2.24, 2.45) is 0 Å². The van der Waals surface area contributed by atoms with E-state index >= 15 is 0 Å². The fraction of sp³-hybridized carbons (Fsp3) is 0.200. The summed E-state index contributed by atoms with van der Waals surface area (Å²) in [4.78, 5) is 27.6. The number of benzene rings is 3. The van der Waals surface area contributed by atoms with Gasteiger partial charge in [-0.1, -0.05) is 33.6 Å². The Labute approximate surface area is 196 Å². The van der Waals surface area contributed by atoms with E-state index < -0.39 is 0 Å². The zero-order valence-corrected chi connectivity index (χ0v) is 19.4. The van der Waals surface area contributed by atoms with Crippen LogP contribution < -0.4 is 20.9 Å². The summed E-state index contributed by atoms with van der Waals surface area (Å²) in [7, 11) is 0. The summed E-state index contributed by atoms with van der Waals surface area (Å²) in [6, 6.07) is 20.1. The number of carbonyl (C=O) groups excluding carboxylic acids is 2. The summed E-state index contributed by atoms with van der Waals surface area (Å²) in [6.45, 7) is 3.84. The molecule has 1 saturated heterocycles. The van der Waals surface area contributed by atoms with Gasteiger partial charge in [-0.25, -0.2) is 4.79 Å². The molecule has 3 N–H and O–H groups in total. The van der Waals surface area contributed by atoms with E-state index in [0.29, 0.717) is 22.6 Å². The van der Waals surface area contributed by atoms with Gasteiger partial charge in [0.1, 0.15) is 0 Å². The summed E-state index contributed by atoms with van der Waals surface area (Å²) in [5.41, 5.74) is 4.53. The monoisotopic (exact) mass is 492 g/mol. The fourth-order valence-corrected chi connectivity index (χ4v) is 4.02. The Kier molecular flexibility index (Phi) is 6.75. The normalized spacial score (nSPS) is 13.0. The van der Waals surface area contributed by atoms with Gasteiger partial charge in [0.05, 0.1) is 11.4 Å². The van der Waals surface area contributed by atoms with E-state index in [1.807, 2.05) is 67.6 Å². The molecule has 0 radical (unpaired) electrons. The van der Waals surface area contributed by atoms with Gasteiger partial charge in [0.25, 0.3) is 5.91 Å². The van der Waals surface area contributed by atoms with Crippen LogP contribution in [0.15, 0.2) is 71.2 Å². The summed E-state index contributed by atoms with van der Waals surface area (Å²) in [5.74, 6) is -0.187. The standard InChI is InChI=1S/C25H25BrN4O2/c1-17-5-4-6-18(15-17)24(31)27-21-11-12-23(30-13-2-3-14-30)22(16-21)29-25(32)28-20-9-7-19(26)8-10-20/h4-12,15-16H,2-3,13-14H2,1H3,(H,27,31)(H2,28,29,32). The van der Waals surface area contributed by atoms with Gasteiger partial charge in [0, 0.05) is 34.5 Å². The average Bonchev–Trinajstić information content (AvgIpc) is 3.30. The summed E-state index contributed by atoms with van der Waals surface area (Å²) < 4.78 is 0.942. The van der Waals surface area contributed by atoms with Crippen molar-refractivity contribution < 1.29 is 9.59 Å². The van der Waals surface area contributed by atoms with E-state index in [4.69, 9.17) is 0 Å². The number of anilines is 4. The molecule has 3 amide bonds. The first-order valence-corrected chi connectivity index (χ1v) is 11.4. The number of nitrogens with zero attached hydrogens (tertiary/aromatic N) is 1. The number of hydrogen-bond donors (Lipinski definition) is 3. The van der Waals surface area contributed by atoms with Gasteiger partial charge in [-0.3, -0.25) is 4.79 Å². The molecule has 0 bridgehead atoms. The number of rotatable bonds is 5. The van der Waals surface area contributed by atoms with Crippen molar-refractivity contribution in [3.8, 4) is 0 Å². The molecule has 3 aromatic rings. The second kappa shape index (κ2) is 9.87. The van der Waals surface area contributed by atoms with E-state index in [1.165, 1.54) is 0 Å². The zero-order chi connectivity index (χ0) is 22.5. The molecule has 0 aliphatic carbocycles. The molecule has 164 valence electrons. The van der Waals surface area contributed by atoms with Crippen molar-refractivity contribution >= 4 is 50.6 Å². The highest BCUT2D eigenvalue weighted by molar-refractivity contribution is 9.10. The number of carbonyl (C=O) groups is 2. The Hall–Kier alpha value is -3.32. The quantitative estimate of drug-likeness (QED) is 0.393. The molecule has 7 heteroatoms. The molecule has 6 nitrogen and oxygen atoms in total. The molecule has 0 spiro atoms. The van der Waals surface area contributed by atoms with Crippen LogP contribution in [0.3, 0.4) is 0 Å². The average molecular weight is 493 g/mol. The second-order valence-corrected chi connectivity index (χ2v) is 8.75. The van der Waals surface area contributed by atoms with Crippen LogP contribution in [0.2, 0.25) is 0 Å². The van der Waals surface area contributed by atoms with Crippen LogP contribution in [0.4, 0.5) is 27.5 Å². The van der Waals surface area contributed by atoms with E-state index in [1.54, 1.807) is 6.07 Å². The first-order chi connectivity index (χ1) is 15.5. The minimum absolute atomic E-state index is 0.187. The molecular formula is C25H25BrN4O2. The van der Waals surface area contributed by atoms with Crippen LogP contribution in [0.1, 0.15) is 28.8 Å². The number of amides is 3. The lowest BCUT2D eigenvalue weighted by Gasteiger charge is -2.22. The van der Waals surface area contributed by atoms with Crippen molar-refractivity contribution in [3.05, 3.63) is 82.3 Å². The molecule has 1 heterocycles. The first-order valence-electron chi connectivity index (χ1n) is 10.6. The van der Waals surface area contributed by atoms with Crippen molar-refractivity contribution in [2.45, 2.75) is 19.8 Å². The third-order valence-corrected chi connectivity index (χ3v) is 5.86. The summed E-state index contributed by atoms with van der Waals surface area (Å²) >= 11 is 3.39. The predicted molar refractivity (Wildman–Crippen MR) is 134 cm³/mol. The first kappa shape index (κ1) is 21.9. The van der Waals surface area contributed by atoms with E-state index in [0.717, 1.165) is 41.7 Å². The lowest BCUT2D eigenvalue weighted by Crippen LogP contribution is -2.24. The number of nitrogens with one attached hydrogen (secondary N) is 3. The highest BCUT2D eigenvalue weighted by Crippen LogP contribution is 2.32. The van der Waals surface area contributed by atoms with Crippen molar-refractivity contribution in [1.82, 2.24) is 0 Å². The predicted octanol–water partition coefficient (Wildman–Crippen LogP) is 6.25. The van der Waals surface area contributed by atoms with Gasteiger partial charge in [-0.15, -0.1) is 0 Å². The molecule has 0 atom stereocenters. The highest BCUT2D eigenvalue weighted by Gasteiger charge is 2.18. The lowest BCUT2D eigenvalue weighted by molar-refractivity contribution is 0.102. The third kappa shape index (κ3) is 5.48. The van der Waals surface area contributed by atoms with Crippen LogP contribution in [-0.4, -0.2) is 25.0 Å². The van der Waals surface area contributed by atoms with Crippen molar-refractivity contribution in [3.63, 3.8) is 0 Å². The van der Waals surface area contributed by atoms with Gasteiger partial charge >= 0.3 is 6.03 Å². The van der Waals surface area contributed by atoms with Crippen molar-refractivity contribution in [2.75, 3.05) is 33.9 Å². The van der Waals surface area contributed by atoms with Gasteiger partial charge in [0.2, 0.25) is 0 Å². The van der Waals surface area contributed by atoms with Gasteiger partial charge in [0.15, 0.2) is 0 Å². The minimum Gasteiger partial charge on any atom is -0.370 e. The van der Waals surface area contributed by atoms with E-state index in [-0.39, 0.29) is 11.9 Å². The molecule has 4 rings (SSSR count). The Morgan fingerprint density at radius 2 is 1.56 bits per heavy atom. The molecule has 0 unspecified atom stereocenters. The fourth-order valence-electron chi connectivity index (χ4n) is 3.76. The minimum atomic E-state index is -0.338. The SMILES string of the molecule is Cc1cccc(C(=O)Nc2ccc(N3CCCC3)c(NC(=O)Nc3ccc(Br)cc3)c2)c1. The third-order valence-electron chi connectivity index (χ3n) is 5.33. The number of aryl methyl sites for hydroxylation is 1. The van der Waals surface area contributed by atoms with Gasteiger partial charge < -0.3 is 20.9 Å². The Bertz CT molecular complexity index is 1130. The molecule has 1 fully saturated rings. The Morgan fingerprint density at radius 1 is 0.844 bits per heavy atom. The molecule has 1 aliphatic heterocycles. The summed E-state index contributed by atoms with van der Waals surface area (Å²) in [6.07, 6.45) is 2.24. The Morgan fingerprint density at radius 3 is 2.28 bits per heavy atom. The van der Waals surface area contributed by atoms with Crippen LogP contribution in [0.25, 0.3) is 0 Å². The number of halogens is 1. The van der Waals surface area contributed by atoms with Crippen LogP contribution in [0.5, 0.6) is 0 Å². The van der Waals surface area contributed by atoms with Gasteiger partial charge in [-0.2, -0.15) is 0 Å². The number of hydrogen-bond acceptors (Lipinski definition) is 3. The van der Waals surface area contributed by atoms with Crippen LogP contribution >= 0.6 is 15.9 Å². The largest absolute Gasteiger partial charge is 0.370 e. The molecule has 0 saturated carbocycles. The van der Waals surface area contributed by atoms with Gasteiger partial charge in [-0.05, 0) is 74.4 Å². The van der Waals surface area contributed by atoms with Crippen molar-refractivity contribution in [1.29, 1.82) is 0 Å². The topological polar surface area (TPSA) is 73.5 Å². The van der Waals surface area contributed by atoms with Crippen LogP contribution in [0, 0.1) is 6.92 Å². The molecular weight excluding hydrogens is 468 g/mol. The maximum Gasteiger partial charge on any atom is 0.323 e. The zero-order valence-electron chi connectivity index (χ0n) is 17.8. The van der Waals surface area contributed by atoms with Crippen LogP contribution in [-0.2, 0) is 0 Å². The summed E-state index contributed by atoms with van der Waals surface area (Å²) in [5, 5.41) is 8.75. The molecule has 32 heavy (non-hydrogen) atoms. The molecule has 0 aromatic heterocycles. The maximum atomic E-state index is 12.7. The Balaban J connectivity index is 1.54. The maximum absolute atomic E-state index is 12.7. The lowest BCUT2D eigenvalue weighted by atomic mass is 10.1. The van der Waals surface area contributed by atoms with E-state index in [9.17, 15) is 9.59 Å². The molecule has 3 aromatic carbocycles. The second-order valence-electron chi connectivity index (χ2n) is 7.84. The van der Waals surface area contributed by atoms with E-state index in [2.05, 4.69) is 36.8 Å².